The van der Waals surface area contributed by atoms with E-state index in [2.05, 4.69) is 10.6 Å². The van der Waals surface area contributed by atoms with Gasteiger partial charge in [0.25, 0.3) is 0 Å². The van der Waals surface area contributed by atoms with Crippen LogP contribution in [0.3, 0.4) is 0 Å². The zero-order valence-corrected chi connectivity index (χ0v) is 13.4. The van der Waals surface area contributed by atoms with Crippen LogP contribution in [0.4, 0.5) is 4.79 Å². The van der Waals surface area contributed by atoms with Crippen LogP contribution in [0.2, 0.25) is 0 Å². The maximum absolute atomic E-state index is 11.9. The molecule has 1 aromatic carbocycles. The Morgan fingerprint density at radius 3 is 2.86 bits per heavy atom. The van der Waals surface area contributed by atoms with Gasteiger partial charge in [-0.1, -0.05) is 37.5 Å². The minimum absolute atomic E-state index is 0.175. The molecule has 1 unspecified atom stereocenters. The molecular weight excluding hydrogens is 296 g/mol. The van der Waals surface area contributed by atoms with Crippen molar-refractivity contribution in [3.05, 3.63) is 35.2 Å². The standard InChI is InChI=1S/C17H22N2O2S/c20-15(14-11-22-16-9-5-4-8-13(14)16)10-18-17(21)19-12-6-2-1-3-7-12/h4-5,8-9,11-12,15,20H,1-3,6-7,10H2,(H2,18,19,21). The Balaban J connectivity index is 1.53. The molecule has 1 aliphatic carbocycles. The summed E-state index contributed by atoms with van der Waals surface area (Å²) in [6.07, 6.45) is 5.09. The molecule has 118 valence electrons. The number of urea groups is 1. The van der Waals surface area contributed by atoms with Crippen LogP contribution in [-0.4, -0.2) is 23.7 Å². The zero-order valence-electron chi connectivity index (χ0n) is 12.5. The number of benzene rings is 1. The van der Waals surface area contributed by atoms with Gasteiger partial charge in [0.05, 0.1) is 6.10 Å². The predicted molar refractivity (Wildman–Crippen MR) is 90.2 cm³/mol. The van der Waals surface area contributed by atoms with E-state index in [1.165, 1.54) is 19.3 Å². The lowest BCUT2D eigenvalue weighted by Gasteiger charge is -2.23. The molecule has 22 heavy (non-hydrogen) atoms. The molecule has 3 N–H and O–H groups in total. The van der Waals surface area contributed by atoms with Crippen molar-refractivity contribution in [3.8, 4) is 0 Å². The van der Waals surface area contributed by atoms with E-state index in [0.29, 0.717) is 0 Å². The number of nitrogens with one attached hydrogen (secondary N) is 2. The van der Waals surface area contributed by atoms with Crippen molar-refractivity contribution in [1.29, 1.82) is 0 Å². The third kappa shape index (κ3) is 3.59. The van der Waals surface area contributed by atoms with Gasteiger partial charge in [0.1, 0.15) is 0 Å². The maximum Gasteiger partial charge on any atom is 0.315 e. The average molecular weight is 318 g/mol. The van der Waals surface area contributed by atoms with E-state index in [4.69, 9.17) is 0 Å². The summed E-state index contributed by atoms with van der Waals surface area (Å²) in [6.45, 7) is 0.235. The van der Waals surface area contributed by atoms with E-state index in [0.717, 1.165) is 28.5 Å². The van der Waals surface area contributed by atoms with Crippen molar-refractivity contribution >= 4 is 27.5 Å². The van der Waals surface area contributed by atoms with Crippen molar-refractivity contribution < 1.29 is 9.90 Å². The van der Waals surface area contributed by atoms with Gasteiger partial charge in [-0.2, -0.15) is 0 Å². The molecule has 1 fully saturated rings. The lowest BCUT2D eigenvalue weighted by molar-refractivity contribution is 0.173. The molecule has 1 saturated carbocycles. The Morgan fingerprint density at radius 2 is 2.05 bits per heavy atom. The Morgan fingerprint density at radius 1 is 1.27 bits per heavy atom. The molecule has 4 nitrogen and oxygen atoms in total. The molecule has 0 saturated heterocycles. The molecule has 2 amide bonds. The van der Waals surface area contributed by atoms with Crippen molar-refractivity contribution in [1.82, 2.24) is 10.6 Å². The molecule has 2 aromatic rings. The first-order chi connectivity index (χ1) is 10.7. The van der Waals surface area contributed by atoms with E-state index in [1.54, 1.807) is 11.3 Å². The van der Waals surface area contributed by atoms with Crippen LogP contribution in [0.15, 0.2) is 29.6 Å². The second-order valence-electron chi connectivity index (χ2n) is 5.89. The first-order valence-electron chi connectivity index (χ1n) is 7.92. The highest BCUT2D eigenvalue weighted by molar-refractivity contribution is 7.17. The van der Waals surface area contributed by atoms with Crippen molar-refractivity contribution in [3.63, 3.8) is 0 Å². The van der Waals surface area contributed by atoms with Crippen molar-refractivity contribution in [2.75, 3.05) is 6.54 Å². The molecule has 1 aliphatic rings. The number of hydrogen-bond acceptors (Lipinski definition) is 3. The summed E-state index contributed by atoms with van der Waals surface area (Å²) in [5.74, 6) is 0. The number of fused-ring (bicyclic) bond motifs is 1. The number of aliphatic hydroxyl groups excluding tert-OH is 1. The average Bonchev–Trinajstić information content (AvgIpc) is 2.98. The fourth-order valence-electron chi connectivity index (χ4n) is 3.04. The van der Waals surface area contributed by atoms with E-state index < -0.39 is 6.10 Å². The lowest BCUT2D eigenvalue weighted by Crippen LogP contribution is -2.44. The molecular formula is C17H22N2O2S. The molecule has 0 radical (unpaired) electrons. The third-order valence-corrected chi connectivity index (χ3v) is 5.25. The second kappa shape index (κ2) is 7.11. The summed E-state index contributed by atoms with van der Waals surface area (Å²) in [4.78, 5) is 11.9. The summed E-state index contributed by atoms with van der Waals surface area (Å²) in [6, 6.07) is 8.11. The van der Waals surface area contributed by atoms with Crippen molar-refractivity contribution in [2.24, 2.45) is 0 Å². The van der Waals surface area contributed by atoms with Crippen LogP contribution in [0.25, 0.3) is 10.1 Å². The number of carbonyl (C=O) groups excluding carboxylic acids is 1. The van der Waals surface area contributed by atoms with Gasteiger partial charge in [0, 0.05) is 22.8 Å². The van der Waals surface area contributed by atoms with E-state index in [-0.39, 0.29) is 18.6 Å². The smallest absolute Gasteiger partial charge is 0.315 e. The zero-order chi connectivity index (χ0) is 15.4. The van der Waals surface area contributed by atoms with Gasteiger partial charge in [-0.15, -0.1) is 11.3 Å². The molecule has 0 bridgehead atoms. The molecule has 1 aromatic heterocycles. The fraction of sp³-hybridized carbons (Fsp3) is 0.471. The summed E-state index contributed by atoms with van der Waals surface area (Å²) in [5.41, 5.74) is 0.888. The van der Waals surface area contributed by atoms with Gasteiger partial charge in [-0.25, -0.2) is 4.79 Å². The predicted octanol–water partition coefficient (Wildman–Crippen LogP) is 3.57. The van der Waals surface area contributed by atoms with Crippen LogP contribution in [0, 0.1) is 0 Å². The molecule has 1 heterocycles. The van der Waals surface area contributed by atoms with Gasteiger partial charge in [-0.05, 0) is 29.7 Å². The summed E-state index contributed by atoms with van der Waals surface area (Å²) < 4.78 is 1.16. The first kappa shape index (κ1) is 15.3. The van der Waals surface area contributed by atoms with E-state index in [9.17, 15) is 9.90 Å². The van der Waals surface area contributed by atoms with Gasteiger partial charge in [0.15, 0.2) is 0 Å². The quantitative estimate of drug-likeness (QED) is 0.807. The highest BCUT2D eigenvalue weighted by Gasteiger charge is 2.17. The van der Waals surface area contributed by atoms with Crippen LogP contribution < -0.4 is 10.6 Å². The highest BCUT2D eigenvalue weighted by atomic mass is 32.1. The largest absolute Gasteiger partial charge is 0.387 e. The number of amides is 2. The third-order valence-electron chi connectivity index (χ3n) is 4.27. The van der Waals surface area contributed by atoms with Crippen LogP contribution in [-0.2, 0) is 0 Å². The number of aliphatic hydroxyl groups is 1. The van der Waals surface area contributed by atoms with Crippen LogP contribution in [0.5, 0.6) is 0 Å². The van der Waals surface area contributed by atoms with E-state index in [1.807, 2.05) is 29.6 Å². The van der Waals surface area contributed by atoms with E-state index >= 15 is 0 Å². The normalized spacial score (nSPS) is 17.3. The molecule has 5 heteroatoms. The lowest BCUT2D eigenvalue weighted by atomic mass is 9.96. The molecule has 0 aliphatic heterocycles. The monoisotopic (exact) mass is 318 g/mol. The van der Waals surface area contributed by atoms with Gasteiger partial charge >= 0.3 is 6.03 Å². The number of hydrogen-bond donors (Lipinski definition) is 3. The number of rotatable bonds is 4. The summed E-state index contributed by atoms with van der Waals surface area (Å²) in [7, 11) is 0. The maximum atomic E-state index is 11.9. The minimum Gasteiger partial charge on any atom is -0.387 e. The van der Waals surface area contributed by atoms with Crippen LogP contribution >= 0.6 is 11.3 Å². The second-order valence-corrected chi connectivity index (χ2v) is 6.80. The SMILES string of the molecule is O=C(NCC(O)c1csc2ccccc12)NC1CCCCC1. The summed E-state index contributed by atoms with van der Waals surface area (Å²) in [5, 5.41) is 19.1. The molecule has 0 spiro atoms. The first-order valence-corrected chi connectivity index (χ1v) is 8.80. The topological polar surface area (TPSA) is 61.4 Å². The molecule has 3 rings (SSSR count). The number of carbonyl (C=O) groups is 1. The minimum atomic E-state index is -0.673. The Hall–Kier alpha value is -1.59. The van der Waals surface area contributed by atoms with Gasteiger partial charge in [-0.3, -0.25) is 0 Å². The summed E-state index contributed by atoms with van der Waals surface area (Å²) >= 11 is 1.62. The van der Waals surface area contributed by atoms with Gasteiger partial charge in [0.2, 0.25) is 0 Å². The Labute approximate surface area is 134 Å². The van der Waals surface area contributed by atoms with Crippen LogP contribution in [0.1, 0.15) is 43.8 Å². The molecule has 1 atom stereocenters. The Bertz CT molecular complexity index is 634. The highest BCUT2D eigenvalue weighted by Crippen LogP contribution is 2.29. The fourth-order valence-corrected chi connectivity index (χ4v) is 4.05. The Kier molecular flexibility index (Phi) is 4.95. The number of thiophene rings is 1. The van der Waals surface area contributed by atoms with Gasteiger partial charge < -0.3 is 15.7 Å². The van der Waals surface area contributed by atoms with Crippen molar-refractivity contribution in [2.45, 2.75) is 44.2 Å².